The third kappa shape index (κ3) is 2.47. The summed E-state index contributed by atoms with van der Waals surface area (Å²) in [6.07, 6.45) is 0.131. The molecular weight excluding hydrogens is 273 g/mol. The zero-order valence-corrected chi connectivity index (χ0v) is 10.6. The van der Waals surface area contributed by atoms with Crippen LogP contribution < -0.4 is 5.32 Å². The fourth-order valence-corrected chi connectivity index (χ4v) is 2.21. The van der Waals surface area contributed by atoms with Gasteiger partial charge in [-0.2, -0.15) is 4.98 Å². The maximum Gasteiger partial charge on any atom is 0.244 e. The Morgan fingerprint density at radius 3 is 3.00 bits per heavy atom. The lowest BCUT2D eigenvalue weighted by Crippen LogP contribution is -2.15. The van der Waals surface area contributed by atoms with Crippen LogP contribution in [0.25, 0.3) is 11.4 Å². The van der Waals surface area contributed by atoms with Crippen LogP contribution in [0.3, 0.4) is 0 Å². The summed E-state index contributed by atoms with van der Waals surface area (Å²) in [6, 6.07) is 4.09. The third-order valence-electron chi connectivity index (χ3n) is 3.03. The number of rotatable bonds is 2. The minimum Gasteiger partial charge on any atom is -0.392 e. The third-order valence-corrected chi connectivity index (χ3v) is 3.31. The molecule has 1 aliphatic heterocycles. The lowest BCUT2D eigenvalue weighted by molar-refractivity contribution is 0.191. The smallest absolute Gasteiger partial charge is 0.244 e. The Labute approximate surface area is 113 Å². The zero-order valence-electron chi connectivity index (χ0n) is 9.81. The van der Waals surface area contributed by atoms with E-state index in [0.29, 0.717) is 30.2 Å². The largest absolute Gasteiger partial charge is 0.392 e. The minimum atomic E-state index is -0.491. The number of benzene rings is 1. The first-order chi connectivity index (χ1) is 9.13. The molecule has 2 aromatic rings. The van der Waals surface area contributed by atoms with Crippen LogP contribution in [-0.2, 0) is 0 Å². The number of aliphatic hydroxyl groups excluding tert-OH is 1. The van der Waals surface area contributed by atoms with Crippen molar-refractivity contribution in [3.63, 3.8) is 0 Å². The minimum absolute atomic E-state index is 0.0123. The molecule has 7 heteroatoms. The molecule has 0 spiro atoms. The molecule has 0 aliphatic carbocycles. The van der Waals surface area contributed by atoms with Crippen molar-refractivity contribution in [3.8, 4) is 11.4 Å². The quantitative estimate of drug-likeness (QED) is 0.881. The summed E-state index contributed by atoms with van der Waals surface area (Å²) in [5.41, 5.74) is 0.583. The predicted octanol–water partition coefficient (Wildman–Crippen LogP) is 1.92. The second-order valence-corrected chi connectivity index (χ2v) is 4.84. The number of hydrogen-bond donors (Lipinski definition) is 2. The van der Waals surface area contributed by atoms with Gasteiger partial charge in [0, 0.05) is 12.1 Å². The summed E-state index contributed by atoms with van der Waals surface area (Å²) in [5.74, 6) is 0.266. The molecule has 1 aliphatic rings. The molecular formula is C12H11ClFN3O2. The van der Waals surface area contributed by atoms with Gasteiger partial charge in [-0.3, -0.25) is 0 Å². The van der Waals surface area contributed by atoms with Crippen molar-refractivity contribution in [2.75, 3.05) is 6.54 Å². The molecule has 0 amide bonds. The number of nitrogens with one attached hydrogen (secondary N) is 1. The lowest BCUT2D eigenvalue weighted by Gasteiger charge is -2.01. The number of nitrogens with zero attached hydrogens (tertiary/aromatic N) is 2. The maximum atomic E-state index is 13.1. The van der Waals surface area contributed by atoms with E-state index in [9.17, 15) is 9.50 Å². The molecule has 1 aromatic carbocycles. The van der Waals surface area contributed by atoms with E-state index in [4.69, 9.17) is 16.1 Å². The average molecular weight is 284 g/mol. The highest BCUT2D eigenvalue weighted by Gasteiger charge is 2.28. The van der Waals surface area contributed by atoms with Crippen molar-refractivity contribution in [2.45, 2.75) is 18.6 Å². The summed E-state index contributed by atoms with van der Waals surface area (Å²) < 4.78 is 18.2. The standard InChI is InChI=1S/C12H11ClFN3O2/c13-8-3-6(1-2-9(8)14)11-16-12(19-17-11)10-4-7(18)5-15-10/h1-3,7,10,15,18H,4-5H2/t7?,10-/m0/s1. The summed E-state index contributed by atoms with van der Waals surface area (Å²) in [5, 5.41) is 16.4. The molecule has 2 N–H and O–H groups in total. The molecule has 2 heterocycles. The molecule has 5 nitrogen and oxygen atoms in total. The van der Waals surface area contributed by atoms with E-state index in [1.807, 2.05) is 0 Å². The second kappa shape index (κ2) is 4.88. The Bertz CT molecular complexity index is 604. The molecule has 2 atom stereocenters. The number of β-amino-alcohol motifs (C(OH)–C–C–N with tert-alkyl or cyclic N) is 1. The van der Waals surface area contributed by atoms with E-state index in [2.05, 4.69) is 15.5 Å². The molecule has 0 radical (unpaired) electrons. The van der Waals surface area contributed by atoms with Gasteiger partial charge in [-0.25, -0.2) is 4.39 Å². The first-order valence-corrected chi connectivity index (χ1v) is 6.22. The molecule has 0 saturated carbocycles. The Kier molecular flexibility index (Phi) is 3.22. The summed E-state index contributed by atoms with van der Waals surface area (Å²) in [4.78, 5) is 4.24. The molecule has 1 saturated heterocycles. The summed E-state index contributed by atoms with van der Waals surface area (Å²) in [6.45, 7) is 0.505. The van der Waals surface area contributed by atoms with Gasteiger partial charge in [-0.05, 0) is 24.6 Å². The second-order valence-electron chi connectivity index (χ2n) is 4.44. The monoisotopic (exact) mass is 283 g/mol. The van der Waals surface area contributed by atoms with Gasteiger partial charge in [-0.1, -0.05) is 16.8 Å². The van der Waals surface area contributed by atoms with Gasteiger partial charge in [0.15, 0.2) is 0 Å². The van der Waals surface area contributed by atoms with Gasteiger partial charge in [0.05, 0.1) is 17.2 Å². The van der Waals surface area contributed by atoms with Crippen LogP contribution in [0.2, 0.25) is 5.02 Å². The molecule has 1 aromatic heterocycles. The Balaban J connectivity index is 1.86. The number of aliphatic hydroxyl groups is 1. The summed E-state index contributed by atoms with van der Waals surface area (Å²) in [7, 11) is 0. The number of aromatic nitrogens is 2. The maximum absolute atomic E-state index is 13.1. The van der Waals surface area contributed by atoms with E-state index in [1.165, 1.54) is 18.2 Å². The van der Waals surface area contributed by atoms with Crippen molar-refractivity contribution in [2.24, 2.45) is 0 Å². The van der Waals surface area contributed by atoms with Crippen molar-refractivity contribution in [1.29, 1.82) is 0 Å². The average Bonchev–Trinajstić information content (AvgIpc) is 3.01. The van der Waals surface area contributed by atoms with Crippen LogP contribution in [0, 0.1) is 5.82 Å². The van der Waals surface area contributed by atoms with Crippen LogP contribution >= 0.6 is 11.6 Å². The van der Waals surface area contributed by atoms with Gasteiger partial charge in [0.25, 0.3) is 0 Å². The van der Waals surface area contributed by atoms with Gasteiger partial charge < -0.3 is 14.9 Å². The fraction of sp³-hybridized carbons (Fsp3) is 0.333. The lowest BCUT2D eigenvalue weighted by atomic mass is 10.2. The van der Waals surface area contributed by atoms with E-state index in [-0.39, 0.29) is 11.1 Å². The molecule has 19 heavy (non-hydrogen) atoms. The van der Waals surface area contributed by atoms with Crippen molar-refractivity contribution in [3.05, 3.63) is 34.9 Å². The number of hydrogen-bond acceptors (Lipinski definition) is 5. The van der Waals surface area contributed by atoms with Crippen molar-refractivity contribution < 1.29 is 14.0 Å². The molecule has 0 bridgehead atoms. The Morgan fingerprint density at radius 2 is 2.32 bits per heavy atom. The van der Waals surface area contributed by atoms with E-state index < -0.39 is 11.9 Å². The van der Waals surface area contributed by atoms with Gasteiger partial charge in [0.2, 0.25) is 11.7 Å². The van der Waals surface area contributed by atoms with E-state index in [1.54, 1.807) is 0 Å². The van der Waals surface area contributed by atoms with E-state index >= 15 is 0 Å². The first kappa shape index (κ1) is 12.5. The van der Waals surface area contributed by atoms with Crippen LogP contribution in [0.15, 0.2) is 22.7 Å². The van der Waals surface area contributed by atoms with Gasteiger partial charge in [0.1, 0.15) is 5.82 Å². The van der Waals surface area contributed by atoms with Gasteiger partial charge >= 0.3 is 0 Å². The molecule has 100 valence electrons. The Morgan fingerprint density at radius 1 is 1.47 bits per heavy atom. The van der Waals surface area contributed by atoms with E-state index in [0.717, 1.165) is 0 Å². The highest BCUT2D eigenvalue weighted by Crippen LogP contribution is 2.26. The molecule has 1 unspecified atom stereocenters. The van der Waals surface area contributed by atoms with Crippen LogP contribution in [0.5, 0.6) is 0 Å². The normalized spacial score (nSPS) is 22.9. The summed E-state index contributed by atoms with van der Waals surface area (Å²) >= 11 is 5.71. The predicted molar refractivity (Wildman–Crippen MR) is 66.1 cm³/mol. The van der Waals surface area contributed by atoms with Crippen LogP contribution in [-0.4, -0.2) is 27.9 Å². The van der Waals surface area contributed by atoms with Crippen molar-refractivity contribution in [1.82, 2.24) is 15.5 Å². The Hall–Kier alpha value is -1.50. The zero-order chi connectivity index (χ0) is 13.4. The van der Waals surface area contributed by atoms with Crippen molar-refractivity contribution >= 4 is 11.6 Å². The topological polar surface area (TPSA) is 71.2 Å². The van der Waals surface area contributed by atoms with Crippen LogP contribution in [0.1, 0.15) is 18.4 Å². The fourth-order valence-electron chi connectivity index (χ4n) is 2.03. The molecule has 3 rings (SSSR count). The SMILES string of the molecule is OC1CN[C@H](c2nc(-c3ccc(F)c(Cl)c3)no2)C1. The van der Waals surface area contributed by atoms with Crippen LogP contribution in [0.4, 0.5) is 4.39 Å². The van der Waals surface area contributed by atoms with Gasteiger partial charge in [-0.15, -0.1) is 0 Å². The first-order valence-electron chi connectivity index (χ1n) is 5.84. The number of halogens is 2. The highest BCUT2D eigenvalue weighted by molar-refractivity contribution is 6.31. The highest BCUT2D eigenvalue weighted by atomic mass is 35.5. The molecule has 1 fully saturated rings.